The Morgan fingerprint density at radius 1 is 1.32 bits per heavy atom. The van der Waals surface area contributed by atoms with Crippen molar-refractivity contribution in [2.45, 2.75) is 71.6 Å². The van der Waals surface area contributed by atoms with Gasteiger partial charge in [0.2, 0.25) is 0 Å². The lowest BCUT2D eigenvalue weighted by molar-refractivity contribution is 0.0500. The lowest BCUT2D eigenvalue weighted by atomic mass is 9.84. The van der Waals surface area contributed by atoms with Gasteiger partial charge >= 0.3 is 0 Å². The number of hydrogen-bond donors (Lipinski definition) is 1. The monoisotopic (exact) mass is 268 g/mol. The van der Waals surface area contributed by atoms with Crippen LogP contribution in [0.4, 0.5) is 0 Å². The zero-order valence-corrected chi connectivity index (χ0v) is 13.2. The normalized spacial score (nSPS) is 33.8. The summed E-state index contributed by atoms with van der Waals surface area (Å²) in [5.41, 5.74) is 0.358. The van der Waals surface area contributed by atoms with Crippen molar-refractivity contribution in [1.29, 1.82) is 0 Å². The fourth-order valence-electron chi connectivity index (χ4n) is 3.48. The highest BCUT2D eigenvalue weighted by atomic mass is 16.5. The highest BCUT2D eigenvalue weighted by Gasteiger charge is 2.34. The van der Waals surface area contributed by atoms with Crippen molar-refractivity contribution in [2.24, 2.45) is 5.41 Å². The summed E-state index contributed by atoms with van der Waals surface area (Å²) in [4.78, 5) is 2.70. The van der Waals surface area contributed by atoms with Crippen molar-refractivity contribution in [1.82, 2.24) is 10.2 Å². The van der Waals surface area contributed by atoms with E-state index in [9.17, 15) is 0 Å². The number of ether oxygens (including phenoxy) is 1. The van der Waals surface area contributed by atoms with Gasteiger partial charge in [-0.05, 0) is 44.6 Å². The van der Waals surface area contributed by atoms with Crippen LogP contribution in [0.3, 0.4) is 0 Å². The van der Waals surface area contributed by atoms with Gasteiger partial charge in [-0.15, -0.1) is 0 Å². The van der Waals surface area contributed by atoms with Gasteiger partial charge in [0.1, 0.15) is 0 Å². The van der Waals surface area contributed by atoms with E-state index >= 15 is 0 Å². The Bertz CT molecular complexity index is 268. The van der Waals surface area contributed by atoms with Crippen molar-refractivity contribution in [2.75, 3.05) is 26.2 Å². The first-order valence-electron chi connectivity index (χ1n) is 8.06. The third-order valence-electron chi connectivity index (χ3n) is 4.60. The molecule has 2 saturated heterocycles. The molecule has 3 nitrogen and oxygen atoms in total. The molecular weight excluding hydrogens is 236 g/mol. The van der Waals surface area contributed by atoms with E-state index in [1.165, 1.54) is 38.8 Å². The molecular formula is C16H32N2O. The summed E-state index contributed by atoms with van der Waals surface area (Å²) < 4.78 is 5.73. The molecule has 0 amide bonds. The summed E-state index contributed by atoms with van der Waals surface area (Å²) >= 11 is 0. The van der Waals surface area contributed by atoms with E-state index in [1.807, 2.05) is 0 Å². The van der Waals surface area contributed by atoms with Crippen molar-refractivity contribution < 1.29 is 4.74 Å². The highest BCUT2D eigenvalue weighted by Crippen LogP contribution is 2.27. The molecule has 0 bridgehead atoms. The standard InChI is InChI=1S/C16H32N2O/c1-13-12-18(15(11-17-13)16(2,3)4)9-5-7-14-8-6-10-19-14/h13-15,17H,5-12H2,1-4H3. The Kier molecular flexibility index (Phi) is 5.27. The van der Waals surface area contributed by atoms with Gasteiger partial charge in [-0.2, -0.15) is 0 Å². The first-order chi connectivity index (χ1) is 8.97. The molecule has 2 fully saturated rings. The lowest BCUT2D eigenvalue weighted by Gasteiger charge is -2.46. The molecule has 0 aromatic rings. The van der Waals surface area contributed by atoms with Gasteiger partial charge < -0.3 is 10.1 Å². The summed E-state index contributed by atoms with van der Waals surface area (Å²) in [6, 6.07) is 1.29. The van der Waals surface area contributed by atoms with Gasteiger partial charge in [-0.1, -0.05) is 20.8 Å². The molecule has 0 aliphatic carbocycles. The van der Waals surface area contributed by atoms with E-state index < -0.39 is 0 Å². The Hall–Kier alpha value is -0.120. The van der Waals surface area contributed by atoms with Crippen LogP contribution >= 0.6 is 0 Å². The van der Waals surface area contributed by atoms with Gasteiger partial charge in [-0.25, -0.2) is 0 Å². The topological polar surface area (TPSA) is 24.5 Å². The molecule has 1 N–H and O–H groups in total. The fraction of sp³-hybridized carbons (Fsp3) is 1.00. The predicted molar refractivity (Wildman–Crippen MR) is 80.5 cm³/mol. The first-order valence-corrected chi connectivity index (χ1v) is 8.06. The number of nitrogens with one attached hydrogen (secondary N) is 1. The quantitative estimate of drug-likeness (QED) is 0.848. The minimum absolute atomic E-state index is 0.358. The summed E-state index contributed by atoms with van der Waals surface area (Å²) in [5, 5.41) is 3.63. The van der Waals surface area contributed by atoms with Crippen LogP contribution in [0.5, 0.6) is 0 Å². The van der Waals surface area contributed by atoms with Crippen molar-refractivity contribution in [3.8, 4) is 0 Å². The SMILES string of the molecule is CC1CN(CCCC2CCCO2)C(C(C)(C)C)CN1. The minimum Gasteiger partial charge on any atom is -0.378 e. The molecule has 2 rings (SSSR count). The van der Waals surface area contributed by atoms with E-state index in [-0.39, 0.29) is 0 Å². The van der Waals surface area contributed by atoms with E-state index in [4.69, 9.17) is 4.74 Å². The first kappa shape index (κ1) is 15.3. The Morgan fingerprint density at radius 2 is 2.11 bits per heavy atom. The Balaban J connectivity index is 1.80. The summed E-state index contributed by atoms with van der Waals surface area (Å²) in [5.74, 6) is 0. The molecule has 3 heteroatoms. The second-order valence-corrected chi connectivity index (χ2v) is 7.46. The third kappa shape index (κ3) is 4.44. The Morgan fingerprint density at radius 3 is 2.74 bits per heavy atom. The van der Waals surface area contributed by atoms with E-state index in [0.717, 1.165) is 13.2 Å². The summed E-state index contributed by atoms with van der Waals surface area (Å²) in [6.45, 7) is 13.9. The Labute approximate surface area is 119 Å². The number of piperazine rings is 1. The van der Waals surface area contributed by atoms with Crippen LogP contribution < -0.4 is 5.32 Å². The molecule has 3 atom stereocenters. The van der Waals surface area contributed by atoms with Gasteiger partial charge in [0.25, 0.3) is 0 Å². The molecule has 0 spiro atoms. The summed E-state index contributed by atoms with van der Waals surface area (Å²) in [6.07, 6.45) is 5.62. The van der Waals surface area contributed by atoms with Gasteiger partial charge in [0.05, 0.1) is 6.10 Å². The van der Waals surface area contributed by atoms with Crippen LogP contribution in [0, 0.1) is 5.41 Å². The van der Waals surface area contributed by atoms with Gasteiger partial charge in [0.15, 0.2) is 0 Å². The lowest BCUT2D eigenvalue weighted by Crippen LogP contribution is -2.59. The van der Waals surface area contributed by atoms with E-state index in [1.54, 1.807) is 0 Å². The fourth-order valence-corrected chi connectivity index (χ4v) is 3.48. The second kappa shape index (κ2) is 6.55. The molecule has 0 aromatic heterocycles. The van der Waals surface area contributed by atoms with Crippen LogP contribution in [0.1, 0.15) is 53.4 Å². The zero-order valence-electron chi connectivity index (χ0n) is 13.2. The average molecular weight is 268 g/mol. The van der Waals surface area contributed by atoms with Crippen LogP contribution in [-0.4, -0.2) is 49.3 Å². The van der Waals surface area contributed by atoms with Crippen LogP contribution in [0.25, 0.3) is 0 Å². The second-order valence-electron chi connectivity index (χ2n) is 7.46. The smallest absolute Gasteiger partial charge is 0.0576 e. The molecule has 2 aliphatic heterocycles. The average Bonchev–Trinajstić information content (AvgIpc) is 2.80. The zero-order chi connectivity index (χ0) is 13.9. The number of rotatable bonds is 4. The van der Waals surface area contributed by atoms with Crippen LogP contribution in [-0.2, 0) is 4.74 Å². The van der Waals surface area contributed by atoms with Crippen molar-refractivity contribution in [3.05, 3.63) is 0 Å². The maximum atomic E-state index is 5.73. The molecule has 0 aromatic carbocycles. The number of hydrogen-bond acceptors (Lipinski definition) is 3. The third-order valence-corrected chi connectivity index (χ3v) is 4.60. The molecule has 2 heterocycles. The van der Waals surface area contributed by atoms with Gasteiger partial charge in [-0.3, -0.25) is 4.90 Å². The molecule has 2 aliphatic rings. The van der Waals surface area contributed by atoms with Crippen molar-refractivity contribution >= 4 is 0 Å². The van der Waals surface area contributed by atoms with Crippen LogP contribution in [0.15, 0.2) is 0 Å². The largest absolute Gasteiger partial charge is 0.378 e. The number of nitrogens with zero attached hydrogens (tertiary/aromatic N) is 1. The van der Waals surface area contributed by atoms with Gasteiger partial charge in [0, 0.05) is 31.8 Å². The molecule has 112 valence electrons. The maximum Gasteiger partial charge on any atom is 0.0576 e. The molecule has 0 radical (unpaired) electrons. The molecule has 3 unspecified atom stereocenters. The maximum absolute atomic E-state index is 5.73. The molecule has 0 saturated carbocycles. The van der Waals surface area contributed by atoms with E-state index in [0.29, 0.717) is 23.6 Å². The van der Waals surface area contributed by atoms with Crippen molar-refractivity contribution in [3.63, 3.8) is 0 Å². The van der Waals surface area contributed by atoms with E-state index in [2.05, 4.69) is 37.9 Å². The minimum atomic E-state index is 0.358. The molecule has 19 heavy (non-hydrogen) atoms. The summed E-state index contributed by atoms with van der Waals surface area (Å²) in [7, 11) is 0. The predicted octanol–water partition coefficient (Wildman–Crippen LogP) is 2.65. The highest BCUT2D eigenvalue weighted by molar-refractivity contribution is 4.91. The van der Waals surface area contributed by atoms with Crippen LogP contribution in [0.2, 0.25) is 0 Å².